The fourth-order valence-electron chi connectivity index (χ4n) is 3.56. The van der Waals surface area contributed by atoms with Gasteiger partial charge in [0, 0.05) is 18.0 Å². The van der Waals surface area contributed by atoms with Gasteiger partial charge in [0.2, 0.25) is 0 Å². The van der Waals surface area contributed by atoms with Crippen molar-refractivity contribution in [3.8, 4) is 0 Å². The second-order valence-corrected chi connectivity index (χ2v) is 6.41. The highest BCUT2D eigenvalue weighted by molar-refractivity contribution is 4.98. The van der Waals surface area contributed by atoms with Crippen molar-refractivity contribution < 1.29 is 4.84 Å². The van der Waals surface area contributed by atoms with Crippen molar-refractivity contribution in [3.05, 3.63) is 0 Å². The van der Waals surface area contributed by atoms with E-state index >= 15 is 0 Å². The fraction of sp³-hybridized carbons (Fsp3) is 1.00. The summed E-state index contributed by atoms with van der Waals surface area (Å²) in [5, 5.41) is 2.27. The van der Waals surface area contributed by atoms with Gasteiger partial charge in [0.1, 0.15) is 0 Å². The van der Waals surface area contributed by atoms with Crippen LogP contribution in [0, 0.1) is 11.8 Å². The number of rotatable bonds is 2. The zero-order chi connectivity index (χ0) is 11.9. The van der Waals surface area contributed by atoms with Crippen LogP contribution in [0.15, 0.2) is 0 Å². The molecule has 2 fully saturated rings. The standard InChI is InChI=1S/C14H27NO/c1-6-11-7-8-13-12(9-11)14(4,5)16-15(13)10(2)3/h10-13H,6-9H2,1-5H3. The van der Waals surface area contributed by atoms with E-state index in [0.29, 0.717) is 12.1 Å². The molecule has 0 spiro atoms. The molecule has 0 amide bonds. The SMILES string of the molecule is CCC1CCC2C(C1)C(C)(C)ON2C(C)C. The molecule has 1 aliphatic heterocycles. The zero-order valence-corrected chi connectivity index (χ0v) is 11.5. The molecule has 1 heterocycles. The third kappa shape index (κ3) is 2.02. The number of hydrogen-bond donors (Lipinski definition) is 0. The third-order valence-electron chi connectivity index (χ3n) is 4.57. The van der Waals surface area contributed by atoms with Gasteiger partial charge < -0.3 is 0 Å². The molecule has 0 aromatic heterocycles. The van der Waals surface area contributed by atoms with E-state index in [1.807, 2.05) is 0 Å². The first-order valence-corrected chi connectivity index (χ1v) is 6.93. The molecular weight excluding hydrogens is 198 g/mol. The lowest BCUT2D eigenvalue weighted by atomic mass is 9.71. The highest BCUT2D eigenvalue weighted by Crippen LogP contribution is 2.47. The Labute approximate surface area is 100 Å². The maximum absolute atomic E-state index is 6.18. The molecule has 2 rings (SSSR count). The molecule has 0 radical (unpaired) electrons. The molecule has 94 valence electrons. The molecule has 1 saturated carbocycles. The van der Waals surface area contributed by atoms with Gasteiger partial charge >= 0.3 is 0 Å². The van der Waals surface area contributed by atoms with E-state index in [0.717, 1.165) is 11.8 Å². The van der Waals surface area contributed by atoms with Crippen LogP contribution in [0.25, 0.3) is 0 Å². The Morgan fingerprint density at radius 1 is 1.31 bits per heavy atom. The lowest BCUT2D eigenvalue weighted by Gasteiger charge is -2.36. The quantitative estimate of drug-likeness (QED) is 0.712. The van der Waals surface area contributed by atoms with E-state index in [4.69, 9.17) is 4.84 Å². The topological polar surface area (TPSA) is 12.5 Å². The first-order valence-electron chi connectivity index (χ1n) is 6.93. The number of hydrogen-bond acceptors (Lipinski definition) is 2. The lowest BCUT2D eigenvalue weighted by molar-refractivity contribution is -0.211. The molecule has 3 atom stereocenters. The van der Waals surface area contributed by atoms with Crippen molar-refractivity contribution in [1.82, 2.24) is 5.06 Å². The Hall–Kier alpha value is -0.0800. The summed E-state index contributed by atoms with van der Waals surface area (Å²) < 4.78 is 0. The number of hydroxylamine groups is 2. The predicted octanol–water partition coefficient (Wildman–Crippen LogP) is 3.62. The molecule has 2 heteroatoms. The second-order valence-electron chi connectivity index (χ2n) is 6.41. The van der Waals surface area contributed by atoms with Crippen molar-refractivity contribution in [2.75, 3.05) is 0 Å². The number of fused-ring (bicyclic) bond motifs is 1. The summed E-state index contributed by atoms with van der Waals surface area (Å²) in [5.74, 6) is 1.66. The molecule has 2 nitrogen and oxygen atoms in total. The van der Waals surface area contributed by atoms with E-state index in [1.165, 1.54) is 25.7 Å². The Bertz CT molecular complexity index is 249. The van der Waals surface area contributed by atoms with E-state index in [9.17, 15) is 0 Å². The first-order chi connectivity index (χ1) is 7.45. The first kappa shape index (κ1) is 12.4. The van der Waals surface area contributed by atoms with Crippen LogP contribution in [0.3, 0.4) is 0 Å². The Morgan fingerprint density at radius 3 is 2.56 bits per heavy atom. The monoisotopic (exact) mass is 225 g/mol. The van der Waals surface area contributed by atoms with E-state index < -0.39 is 0 Å². The summed E-state index contributed by atoms with van der Waals surface area (Å²) in [6.07, 6.45) is 5.41. The van der Waals surface area contributed by atoms with Gasteiger partial charge in [-0.05, 0) is 52.9 Å². The maximum Gasteiger partial charge on any atom is 0.0887 e. The van der Waals surface area contributed by atoms with E-state index in [-0.39, 0.29) is 5.60 Å². The molecule has 0 bridgehead atoms. The van der Waals surface area contributed by atoms with Crippen molar-refractivity contribution in [2.24, 2.45) is 11.8 Å². The lowest BCUT2D eigenvalue weighted by Crippen LogP contribution is -2.41. The summed E-state index contributed by atoms with van der Waals surface area (Å²) in [4.78, 5) is 6.18. The molecule has 0 aromatic rings. The van der Waals surface area contributed by atoms with Crippen molar-refractivity contribution in [2.45, 2.75) is 78.0 Å². The Morgan fingerprint density at radius 2 is 2.00 bits per heavy atom. The smallest absolute Gasteiger partial charge is 0.0887 e. The summed E-state index contributed by atoms with van der Waals surface area (Å²) in [5.41, 5.74) is 0.0444. The summed E-state index contributed by atoms with van der Waals surface area (Å²) in [6, 6.07) is 1.17. The average Bonchev–Trinajstić information content (AvgIpc) is 2.51. The van der Waals surface area contributed by atoms with Gasteiger partial charge in [-0.1, -0.05) is 13.3 Å². The average molecular weight is 225 g/mol. The summed E-state index contributed by atoms with van der Waals surface area (Å²) in [7, 11) is 0. The van der Waals surface area contributed by atoms with Gasteiger partial charge in [-0.2, -0.15) is 5.06 Å². The number of nitrogens with zero attached hydrogens (tertiary/aromatic N) is 1. The Balaban J connectivity index is 2.14. The minimum atomic E-state index is 0.0444. The van der Waals surface area contributed by atoms with Gasteiger partial charge in [-0.15, -0.1) is 0 Å². The second kappa shape index (κ2) is 4.30. The highest BCUT2D eigenvalue weighted by Gasteiger charge is 2.51. The highest BCUT2D eigenvalue weighted by atomic mass is 16.7. The maximum atomic E-state index is 6.18. The van der Waals surface area contributed by atoms with Gasteiger partial charge in [0.25, 0.3) is 0 Å². The van der Waals surface area contributed by atoms with E-state index in [1.54, 1.807) is 0 Å². The summed E-state index contributed by atoms with van der Waals surface area (Å²) >= 11 is 0. The predicted molar refractivity (Wildman–Crippen MR) is 67.0 cm³/mol. The zero-order valence-electron chi connectivity index (χ0n) is 11.5. The molecular formula is C14H27NO. The van der Waals surface area contributed by atoms with E-state index in [2.05, 4.69) is 39.7 Å². The van der Waals surface area contributed by atoms with Crippen molar-refractivity contribution in [3.63, 3.8) is 0 Å². The van der Waals surface area contributed by atoms with Crippen LogP contribution in [-0.2, 0) is 4.84 Å². The minimum Gasteiger partial charge on any atom is -0.292 e. The molecule has 1 aliphatic carbocycles. The molecule has 2 aliphatic rings. The van der Waals surface area contributed by atoms with Crippen LogP contribution in [-0.4, -0.2) is 22.7 Å². The molecule has 1 saturated heterocycles. The van der Waals surface area contributed by atoms with Crippen LogP contribution in [0.2, 0.25) is 0 Å². The normalized spacial score (nSPS) is 39.0. The summed E-state index contributed by atoms with van der Waals surface area (Å²) in [6.45, 7) is 11.3. The van der Waals surface area contributed by atoms with Crippen LogP contribution in [0.1, 0.15) is 60.3 Å². The third-order valence-corrected chi connectivity index (χ3v) is 4.57. The van der Waals surface area contributed by atoms with Crippen LogP contribution in [0.5, 0.6) is 0 Å². The van der Waals surface area contributed by atoms with Gasteiger partial charge in [-0.3, -0.25) is 4.84 Å². The van der Waals surface area contributed by atoms with Crippen LogP contribution >= 0.6 is 0 Å². The fourth-order valence-corrected chi connectivity index (χ4v) is 3.56. The van der Waals surface area contributed by atoms with Crippen molar-refractivity contribution >= 4 is 0 Å². The van der Waals surface area contributed by atoms with Gasteiger partial charge in [-0.25, -0.2) is 0 Å². The van der Waals surface area contributed by atoms with Crippen LogP contribution < -0.4 is 0 Å². The van der Waals surface area contributed by atoms with Gasteiger partial charge in [0.05, 0.1) is 5.60 Å². The van der Waals surface area contributed by atoms with Crippen molar-refractivity contribution in [1.29, 1.82) is 0 Å². The molecule has 16 heavy (non-hydrogen) atoms. The van der Waals surface area contributed by atoms with Crippen LogP contribution in [0.4, 0.5) is 0 Å². The molecule has 0 aromatic carbocycles. The minimum absolute atomic E-state index is 0.0444. The Kier molecular flexibility index (Phi) is 3.33. The molecule has 0 N–H and O–H groups in total. The molecule has 3 unspecified atom stereocenters. The largest absolute Gasteiger partial charge is 0.292 e. The van der Waals surface area contributed by atoms with Gasteiger partial charge in [0.15, 0.2) is 0 Å².